The van der Waals surface area contributed by atoms with Crippen LogP contribution in [-0.4, -0.2) is 32.6 Å². The lowest BCUT2D eigenvalue weighted by atomic mass is 10.6. The molecule has 0 fully saturated rings. The van der Waals surface area contributed by atoms with Gasteiger partial charge in [0.2, 0.25) is 0 Å². The number of phosphoric acid groups is 1. The first-order chi connectivity index (χ1) is 11.0. The van der Waals surface area contributed by atoms with E-state index in [2.05, 4.69) is 22.6 Å². The summed E-state index contributed by atoms with van der Waals surface area (Å²) < 4.78 is 99.7. The third kappa shape index (κ3) is 6.82. The second-order valence-electron chi connectivity index (χ2n) is 3.82. The van der Waals surface area contributed by atoms with Crippen molar-refractivity contribution in [3.8, 4) is 0 Å². The van der Waals surface area contributed by atoms with Crippen LogP contribution in [0.25, 0.3) is 0 Å². The maximum absolute atomic E-state index is 13.8. The minimum absolute atomic E-state index is 0.286. The molecule has 0 amide bonds. The lowest BCUT2D eigenvalue weighted by molar-refractivity contribution is -0.111. The quantitative estimate of drug-likeness (QED) is 0.269. The lowest BCUT2D eigenvalue weighted by Crippen LogP contribution is -2.14. The van der Waals surface area contributed by atoms with Crippen LogP contribution in [0, 0.1) is 0 Å². The molecule has 0 aliphatic carbocycles. The molecule has 0 N–H and O–H groups in total. The zero-order valence-electron chi connectivity index (χ0n) is 13.6. The van der Waals surface area contributed by atoms with Crippen molar-refractivity contribution in [3.05, 3.63) is 11.3 Å². The average Bonchev–Trinajstić information content (AvgIpc) is 2.44. The second kappa shape index (κ2) is 9.89. The van der Waals surface area contributed by atoms with Gasteiger partial charge in [0.15, 0.2) is 0 Å². The number of halogens is 4. The molecule has 0 saturated carbocycles. The SMILES string of the molecule is CCOP(=O)(OCC)O/C(=C(\F)C(F)(F)F)P(=O)(OCC)OCC. The van der Waals surface area contributed by atoms with Gasteiger partial charge < -0.3 is 13.6 Å². The number of hydrogen-bond donors (Lipinski definition) is 0. The maximum Gasteiger partial charge on any atom is 0.530 e. The van der Waals surface area contributed by atoms with Crippen molar-refractivity contribution in [1.82, 2.24) is 0 Å². The molecule has 0 aliphatic heterocycles. The summed E-state index contributed by atoms with van der Waals surface area (Å²) in [6.07, 6.45) is -5.58. The predicted octanol–water partition coefficient (Wildman–Crippen LogP) is 5.15. The highest BCUT2D eigenvalue weighted by atomic mass is 31.2. The van der Waals surface area contributed by atoms with Gasteiger partial charge in [-0.05, 0) is 27.7 Å². The van der Waals surface area contributed by atoms with E-state index in [9.17, 15) is 26.7 Å². The molecule has 0 aromatic carbocycles. The van der Waals surface area contributed by atoms with E-state index in [-0.39, 0.29) is 26.4 Å². The number of phosphoric ester groups is 1. The topological polar surface area (TPSA) is 80.3 Å². The average molecular weight is 402 g/mol. The van der Waals surface area contributed by atoms with Gasteiger partial charge in [0.05, 0.1) is 26.4 Å². The Kier molecular flexibility index (Phi) is 9.71. The van der Waals surface area contributed by atoms with Gasteiger partial charge in [-0.1, -0.05) is 0 Å². The van der Waals surface area contributed by atoms with E-state index in [1.165, 1.54) is 27.7 Å². The van der Waals surface area contributed by atoms with Crippen molar-refractivity contribution in [2.45, 2.75) is 33.9 Å². The molecule has 13 heteroatoms. The first-order valence-corrected chi connectivity index (χ1v) is 9.95. The van der Waals surface area contributed by atoms with E-state index in [0.717, 1.165) is 0 Å². The maximum atomic E-state index is 13.8. The Morgan fingerprint density at radius 1 is 0.833 bits per heavy atom. The standard InChI is InChI=1S/C11H20F4O7P2/c1-5-18-23(16,19-6-2)10(9(12)11(13,14)15)22-24(17,20-7-3)21-8-4/h5-8H2,1-4H3/b10-9+. The summed E-state index contributed by atoms with van der Waals surface area (Å²) in [4.78, 5) is 0. The summed E-state index contributed by atoms with van der Waals surface area (Å²) in [5, 5.41) is 0. The van der Waals surface area contributed by atoms with Crippen LogP contribution in [0.2, 0.25) is 0 Å². The van der Waals surface area contributed by atoms with Gasteiger partial charge in [-0.25, -0.2) is 4.57 Å². The zero-order chi connectivity index (χ0) is 19.0. The molecule has 0 heterocycles. The lowest BCUT2D eigenvalue weighted by Gasteiger charge is -2.24. The second-order valence-corrected chi connectivity index (χ2v) is 7.33. The highest BCUT2D eigenvalue weighted by Crippen LogP contribution is 2.65. The molecule has 0 aromatic rings. The Labute approximate surface area is 137 Å². The van der Waals surface area contributed by atoms with E-state index in [0.29, 0.717) is 0 Å². The molecular weight excluding hydrogens is 382 g/mol. The van der Waals surface area contributed by atoms with Crippen molar-refractivity contribution >= 4 is 15.4 Å². The van der Waals surface area contributed by atoms with Crippen molar-refractivity contribution in [2.75, 3.05) is 26.4 Å². The molecule has 144 valence electrons. The largest absolute Gasteiger partial charge is 0.530 e. The van der Waals surface area contributed by atoms with Gasteiger partial charge in [-0.2, -0.15) is 17.6 Å². The molecule has 24 heavy (non-hydrogen) atoms. The highest BCUT2D eigenvalue weighted by Gasteiger charge is 2.49. The molecule has 0 aromatic heterocycles. The molecule has 0 aliphatic rings. The van der Waals surface area contributed by atoms with E-state index in [1.807, 2.05) is 0 Å². The molecule has 0 rings (SSSR count). The molecule has 0 radical (unpaired) electrons. The summed E-state index contributed by atoms with van der Waals surface area (Å²) in [6, 6.07) is 0. The van der Waals surface area contributed by atoms with Gasteiger partial charge in [0, 0.05) is 0 Å². The third-order valence-electron chi connectivity index (χ3n) is 2.06. The predicted molar refractivity (Wildman–Crippen MR) is 77.0 cm³/mol. The van der Waals surface area contributed by atoms with Crippen LogP contribution >= 0.6 is 15.4 Å². The number of allylic oxidation sites excluding steroid dienone is 1. The van der Waals surface area contributed by atoms with E-state index >= 15 is 0 Å². The fourth-order valence-corrected chi connectivity index (χ4v) is 4.50. The first kappa shape index (κ1) is 23.6. The first-order valence-electron chi connectivity index (χ1n) is 6.94. The summed E-state index contributed by atoms with van der Waals surface area (Å²) in [7, 11) is -9.57. The van der Waals surface area contributed by atoms with Crippen LogP contribution in [0.1, 0.15) is 27.7 Å². The number of alkyl halides is 3. The van der Waals surface area contributed by atoms with Crippen molar-refractivity contribution in [1.29, 1.82) is 0 Å². The fraction of sp³-hybridized carbons (Fsp3) is 0.818. The Balaban J connectivity index is 6.17. The molecule has 0 saturated heterocycles. The minimum atomic E-state index is -5.58. The molecule has 0 spiro atoms. The minimum Gasteiger partial charge on any atom is -0.392 e. The van der Waals surface area contributed by atoms with Gasteiger partial charge >= 0.3 is 21.6 Å². The monoisotopic (exact) mass is 402 g/mol. The van der Waals surface area contributed by atoms with Gasteiger partial charge in [0.25, 0.3) is 11.3 Å². The van der Waals surface area contributed by atoms with Gasteiger partial charge in [-0.15, -0.1) is 0 Å². The van der Waals surface area contributed by atoms with Crippen LogP contribution in [-0.2, 0) is 31.7 Å². The number of rotatable bonds is 11. The van der Waals surface area contributed by atoms with E-state index in [1.54, 1.807) is 0 Å². The Hall–Kier alpha value is -0.440. The van der Waals surface area contributed by atoms with Crippen LogP contribution in [0.4, 0.5) is 17.6 Å². The van der Waals surface area contributed by atoms with Crippen LogP contribution in [0.15, 0.2) is 11.3 Å². The summed E-state index contributed by atoms with van der Waals surface area (Å²) in [6.45, 7) is 3.94. The van der Waals surface area contributed by atoms with Crippen LogP contribution in [0.3, 0.4) is 0 Å². The van der Waals surface area contributed by atoms with Crippen molar-refractivity contribution in [3.63, 3.8) is 0 Å². The van der Waals surface area contributed by atoms with Crippen LogP contribution < -0.4 is 0 Å². The molecule has 7 nitrogen and oxygen atoms in total. The smallest absolute Gasteiger partial charge is 0.392 e. The Morgan fingerprint density at radius 2 is 1.21 bits per heavy atom. The van der Waals surface area contributed by atoms with Crippen molar-refractivity contribution < 1.29 is 49.3 Å². The molecule has 0 unspecified atom stereocenters. The fourth-order valence-electron chi connectivity index (χ4n) is 1.34. The van der Waals surface area contributed by atoms with Gasteiger partial charge in [-0.3, -0.25) is 13.6 Å². The van der Waals surface area contributed by atoms with Crippen LogP contribution in [0.5, 0.6) is 0 Å². The Morgan fingerprint density at radius 3 is 1.50 bits per heavy atom. The molecule has 0 atom stereocenters. The van der Waals surface area contributed by atoms with Crippen molar-refractivity contribution in [2.24, 2.45) is 0 Å². The third-order valence-corrected chi connectivity index (χ3v) is 5.74. The molecular formula is C11H20F4O7P2. The van der Waals surface area contributed by atoms with E-state index < -0.39 is 32.9 Å². The summed E-state index contributed by atoms with van der Waals surface area (Å²) >= 11 is 0. The van der Waals surface area contributed by atoms with E-state index in [4.69, 9.17) is 0 Å². The highest BCUT2D eigenvalue weighted by molar-refractivity contribution is 7.59. The molecule has 0 bridgehead atoms. The zero-order valence-corrected chi connectivity index (χ0v) is 15.4. The van der Waals surface area contributed by atoms with Gasteiger partial charge in [0.1, 0.15) is 0 Å². The summed E-state index contributed by atoms with van der Waals surface area (Å²) in [5.41, 5.74) is -1.90. The Bertz CT molecular complexity index is 501. The summed E-state index contributed by atoms with van der Waals surface area (Å²) in [5.74, 6) is -2.91. The normalized spacial score (nSPS) is 14.5. The number of hydrogen-bond acceptors (Lipinski definition) is 7.